The Hall–Kier alpha value is -0.860. The fourth-order valence-corrected chi connectivity index (χ4v) is 0.298. The van der Waals surface area contributed by atoms with Crippen LogP contribution in [-0.4, -0.2) is 20.3 Å². The summed E-state index contributed by atoms with van der Waals surface area (Å²) in [7, 11) is 3.14. The summed E-state index contributed by atoms with van der Waals surface area (Å²) < 4.78 is 12.1. The van der Waals surface area contributed by atoms with Gasteiger partial charge in [-0.05, 0) is 0 Å². The summed E-state index contributed by atoms with van der Waals surface area (Å²) in [5.41, 5.74) is 0. The molecule has 0 amide bonds. The summed E-state index contributed by atoms with van der Waals surface area (Å²) in [4.78, 5) is 3.45. The smallest absolute Gasteiger partial charge is 0.156 e. The molecule has 0 aromatic rings. The lowest BCUT2D eigenvalue weighted by atomic mass is 10.6. The van der Waals surface area contributed by atoms with Crippen molar-refractivity contribution in [2.75, 3.05) is 14.1 Å². The number of allylic oxidation sites excluding steroid dienone is 1. The summed E-state index contributed by atoms with van der Waals surface area (Å²) in [5.74, 6) is -0.366. The Morgan fingerprint density at radius 2 is 2.38 bits per heavy atom. The third kappa shape index (κ3) is 3.33. The van der Waals surface area contributed by atoms with E-state index in [9.17, 15) is 4.39 Å². The van der Waals surface area contributed by atoms with Crippen LogP contribution in [0.1, 0.15) is 0 Å². The van der Waals surface area contributed by atoms with Gasteiger partial charge in [-0.25, -0.2) is 4.39 Å². The quantitative estimate of drug-likeness (QED) is 0.528. The maximum Gasteiger partial charge on any atom is 0.156 e. The van der Waals surface area contributed by atoms with Crippen LogP contribution in [0.5, 0.6) is 0 Å². The minimum absolute atomic E-state index is 0.366. The highest BCUT2D eigenvalue weighted by Gasteiger charge is 1.80. The highest BCUT2D eigenvalue weighted by atomic mass is 19.1. The molecule has 46 valence electrons. The number of aliphatic imine (C=N–C) groups is 1. The van der Waals surface area contributed by atoms with E-state index in [1.54, 1.807) is 7.05 Å². The molecule has 0 aromatic heterocycles. The van der Waals surface area contributed by atoms with Crippen molar-refractivity contribution in [1.29, 1.82) is 0 Å². The first-order valence-electron chi connectivity index (χ1n) is 2.26. The second-order valence-electron chi connectivity index (χ2n) is 1.21. The molecule has 0 aliphatic carbocycles. The monoisotopic (exact) mass is 116 g/mol. The zero-order valence-corrected chi connectivity index (χ0v) is 4.98. The maximum absolute atomic E-state index is 12.1. The molecular formula is C5H9FN2. The Morgan fingerprint density at radius 3 is 2.75 bits per heavy atom. The molecule has 0 heterocycles. The van der Waals surface area contributed by atoms with Gasteiger partial charge < -0.3 is 5.32 Å². The second-order valence-corrected chi connectivity index (χ2v) is 1.21. The first-order chi connectivity index (χ1) is 3.81. The second kappa shape index (κ2) is 4.30. The predicted octanol–water partition coefficient (Wildman–Crippen LogP) is 0.717. The molecule has 0 atom stereocenters. The maximum atomic E-state index is 12.1. The van der Waals surface area contributed by atoms with Crippen LogP contribution in [0.15, 0.2) is 17.0 Å². The molecule has 0 spiro atoms. The molecule has 0 saturated carbocycles. The Kier molecular flexibility index (Phi) is 3.84. The van der Waals surface area contributed by atoms with Crippen LogP contribution in [0.4, 0.5) is 4.39 Å². The third-order valence-electron chi connectivity index (χ3n) is 0.535. The highest BCUT2D eigenvalue weighted by molar-refractivity contribution is 5.75. The van der Waals surface area contributed by atoms with Gasteiger partial charge in [0.1, 0.15) is 0 Å². The Morgan fingerprint density at radius 1 is 1.75 bits per heavy atom. The molecule has 0 aliphatic rings. The number of rotatable bonds is 2. The topological polar surface area (TPSA) is 24.4 Å². The van der Waals surface area contributed by atoms with Crippen molar-refractivity contribution in [2.24, 2.45) is 4.99 Å². The molecule has 8 heavy (non-hydrogen) atoms. The van der Waals surface area contributed by atoms with Crippen molar-refractivity contribution in [3.8, 4) is 0 Å². The van der Waals surface area contributed by atoms with Gasteiger partial charge in [0.25, 0.3) is 0 Å². The first kappa shape index (κ1) is 7.14. The van der Waals surface area contributed by atoms with Gasteiger partial charge in [0.15, 0.2) is 5.83 Å². The molecule has 0 aliphatic heterocycles. The number of halogens is 1. The van der Waals surface area contributed by atoms with Crippen LogP contribution in [0.3, 0.4) is 0 Å². The van der Waals surface area contributed by atoms with Crippen LogP contribution < -0.4 is 5.32 Å². The van der Waals surface area contributed by atoms with Crippen molar-refractivity contribution in [3.63, 3.8) is 0 Å². The van der Waals surface area contributed by atoms with Crippen molar-refractivity contribution >= 4 is 6.21 Å². The van der Waals surface area contributed by atoms with E-state index < -0.39 is 0 Å². The minimum Gasteiger partial charge on any atom is -0.392 e. The molecule has 0 fully saturated rings. The zero-order chi connectivity index (χ0) is 6.41. The van der Waals surface area contributed by atoms with E-state index in [2.05, 4.69) is 10.3 Å². The molecule has 0 saturated heterocycles. The van der Waals surface area contributed by atoms with Crippen LogP contribution in [0.2, 0.25) is 0 Å². The van der Waals surface area contributed by atoms with Crippen molar-refractivity contribution < 1.29 is 4.39 Å². The SMILES string of the molecule is CN=C/C(F)=C\NC. The van der Waals surface area contributed by atoms with Gasteiger partial charge in [0.05, 0.1) is 6.21 Å². The summed E-state index contributed by atoms with van der Waals surface area (Å²) in [6, 6.07) is 0. The van der Waals surface area contributed by atoms with E-state index in [4.69, 9.17) is 0 Å². The fraction of sp³-hybridized carbons (Fsp3) is 0.400. The molecule has 0 radical (unpaired) electrons. The molecule has 0 rings (SSSR count). The molecule has 0 bridgehead atoms. The van der Waals surface area contributed by atoms with E-state index in [1.165, 1.54) is 13.2 Å². The van der Waals surface area contributed by atoms with Gasteiger partial charge in [-0.2, -0.15) is 0 Å². The number of nitrogens with zero attached hydrogens (tertiary/aromatic N) is 1. The summed E-state index contributed by atoms with van der Waals surface area (Å²) in [6.07, 6.45) is 2.36. The van der Waals surface area contributed by atoms with Crippen molar-refractivity contribution in [3.05, 3.63) is 12.0 Å². The van der Waals surface area contributed by atoms with Gasteiger partial charge >= 0.3 is 0 Å². The van der Waals surface area contributed by atoms with Gasteiger partial charge in [-0.15, -0.1) is 0 Å². The lowest BCUT2D eigenvalue weighted by Crippen LogP contribution is -1.93. The Bertz CT molecular complexity index is 107. The van der Waals surface area contributed by atoms with Crippen LogP contribution in [-0.2, 0) is 0 Å². The van der Waals surface area contributed by atoms with Crippen LogP contribution in [0.25, 0.3) is 0 Å². The minimum atomic E-state index is -0.366. The molecule has 0 unspecified atom stereocenters. The molecule has 2 nitrogen and oxygen atoms in total. The standard InChI is InChI=1S/C5H9FN2/c1-7-3-5(6)4-8-2/h3-4,7H,1-2H3/b5-3+,8-4?. The Labute approximate surface area is 48.1 Å². The number of hydrogen-bond donors (Lipinski definition) is 1. The predicted molar refractivity (Wildman–Crippen MR) is 32.7 cm³/mol. The summed E-state index contributed by atoms with van der Waals surface area (Å²) in [5, 5.41) is 2.52. The average molecular weight is 116 g/mol. The normalized spacial score (nSPS) is 12.6. The number of nitrogens with one attached hydrogen (secondary N) is 1. The Balaban J connectivity index is 3.61. The molecular weight excluding hydrogens is 107 g/mol. The fourth-order valence-electron chi connectivity index (χ4n) is 0.298. The summed E-state index contributed by atoms with van der Waals surface area (Å²) in [6.45, 7) is 0. The van der Waals surface area contributed by atoms with E-state index in [0.717, 1.165) is 6.21 Å². The lowest BCUT2D eigenvalue weighted by Gasteiger charge is -1.83. The lowest BCUT2D eigenvalue weighted by molar-refractivity contribution is 0.676. The number of hydrogen-bond acceptors (Lipinski definition) is 2. The van der Waals surface area contributed by atoms with E-state index in [0.29, 0.717) is 0 Å². The van der Waals surface area contributed by atoms with Crippen LogP contribution in [0, 0.1) is 0 Å². The van der Waals surface area contributed by atoms with Crippen molar-refractivity contribution in [1.82, 2.24) is 5.32 Å². The average Bonchev–Trinajstić information content (AvgIpc) is 1.68. The van der Waals surface area contributed by atoms with Gasteiger partial charge in [-0.3, -0.25) is 4.99 Å². The van der Waals surface area contributed by atoms with Gasteiger partial charge in [0.2, 0.25) is 0 Å². The molecule has 1 N–H and O–H groups in total. The third-order valence-corrected chi connectivity index (χ3v) is 0.535. The molecule has 0 aromatic carbocycles. The summed E-state index contributed by atoms with van der Waals surface area (Å²) >= 11 is 0. The largest absolute Gasteiger partial charge is 0.392 e. The van der Waals surface area contributed by atoms with E-state index in [-0.39, 0.29) is 5.83 Å². The molecule has 3 heteroatoms. The van der Waals surface area contributed by atoms with Crippen LogP contribution >= 0.6 is 0 Å². The van der Waals surface area contributed by atoms with E-state index in [1.807, 2.05) is 0 Å². The van der Waals surface area contributed by atoms with Crippen molar-refractivity contribution in [2.45, 2.75) is 0 Å². The zero-order valence-electron chi connectivity index (χ0n) is 4.98. The van der Waals surface area contributed by atoms with Gasteiger partial charge in [-0.1, -0.05) is 0 Å². The van der Waals surface area contributed by atoms with Gasteiger partial charge in [0, 0.05) is 20.3 Å². The highest BCUT2D eigenvalue weighted by Crippen LogP contribution is 1.85. The van der Waals surface area contributed by atoms with E-state index >= 15 is 0 Å². The first-order valence-corrected chi connectivity index (χ1v) is 2.26.